The van der Waals surface area contributed by atoms with Gasteiger partial charge in [0.05, 0.1) is 0 Å². The summed E-state index contributed by atoms with van der Waals surface area (Å²) in [5, 5.41) is 3.55. The Bertz CT molecular complexity index is 398. The first kappa shape index (κ1) is 14.0. The van der Waals surface area contributed by atoms with Gasteiger partial charge in [0.2, 0.25) is 5.91 Å². The van der Waals surface area contributed by atoms with Crippen molar-refractivity contribution in [3.8, 4) is 0 Å². The highest BCUT2D eigenvalue weighted by molar-refractivity contribution is 5.79. The number of carbonyl (C=O) groups is 1. The van der Waals surface area contributed by atoms with Crippen molar-refractivity contribution in [3.63, 3.8) is 0 Å². The van der Waals surface area contributed by atoms with Crippen LogP contribution < -0.4 is 11.1 Å². The van der Waals surface area contributed by atoms with Crippen molar-refractivity contribution >= 4 is 5.91 Å². The number of hydrogen-bond donors (Lipinski definition) is 2. The van der Waals surface area contributed by atoms with Crippen LogP contribution in [0.2, 0.25) is 0 Å². The molecule has 0 radical (unpaired) electrons. The minimum Gasteiger partial charge on any atom is -0.350 e. The van der Waals surface area contributed by atoms with Gasteiger partial charge in [-0.3, -0.25) is 4.79 Å². The van der Waals surface area contributed by atoms with Gasteiger partial charge in [-0.05, 0) is 81.5 Å². The molecule has 1 amide bonds. The molecule has 3 atom stereocenters. The van der Waals surface area contributed by atoms with Crippen LogP contribution in [0, 0.1) is 29.6 Å². The fraction of sp³-hybridized carbons (Fsp3) is 0.944. The Morgan fingerprint density at radius 3 is 2.10 bits per heavy atom. The second kappa shape index (κ2) is 4.97. The Morgan fingerprint density at radius 1 is 1.00 bits per heavy atom. The van der Waals surface area contributed by atoms with Crippen molar-refractivity contribution < 1.29 is 4.79 Å². The van der Waals surface area contributed by atoms with Crippen LogP contribution in [-0.4, -0.2) is 17.5 Å². The van der Waals surface area contributed by atoms with E-state index in [0.29, 0.717) is 17.9 Å². The molecule has 3 N–H and O–H groups in total. The molecule has 0 heterocycles. The molecule has 0 aliphatic heterocycles. The molecule has 5 rings (SSSR count). The van der Waals surface area contributed by atoms with Gasteiger partial charge >= 0.3 is 0 Å². The highest BCUT2D eigenvalue weighted by Gasteiger charge is 2.51. The zero-order valence-corrected chi connectivity index (χ0v) is 13.3. The predicted octanol–water partition coefficient (Wildman–Crippen LogP) is 2.83. The van der Waals surface area contributed by atoms with E-state index in [9.17, 15) is 4.79 Å². The highest BCUT2D eigenvalue weighted by atomic mass is 16.2. The van der Waals surface area contributed by atoms with E-state index >= 15 is 0 Å². The van der Waals surface area contributed by atoms with Gasteiger partial charge in [0.15, 0.2) is 0 Å². The molecule has 5 fully saturated rings. The Kier molecular flexibility index (Phi) is 3.33. The maximum Gasteiger partial charge on any atom is 0.223 e. The van der Waals surface area contributed by atoms with Crippen molar-refractivity contribution in [1.82, 2.24) is 5.32 Å². The molecule has 0 aromatic heterocycles. The van der Waals surface area contributed by atoms with Gasteiger partial charge in [-0.2, -0.15) is 0 Å². The lowest BCUT2D eigenvalue weighted by Gasteiger charge is -2.57. The number of nitrogens with two attached hydrogens (primary N) is 1. The van der Waals surface area contributed by atoms with E-state index < -0.39 is 0 Å². The summed E-state index contributed by atoms with van der Waals surface area (Å²) in [6, 6.07) is 0.300. The third kappa shape index (κ3) is 2.52. The molecule has 3 unspecified atom stereocenters. The molecule has 0 saturated heterocycles. The molecule has 4 bridgehead atoms. The SMILES string of the molecule is CC1CC(C(=O)NC23CC4CC(CC(C4)C2)C3)CCC1N. The van der Waals surface area contributed by atoms with E-state index in [1.807, 2.05) is 0 Å². The summed E-state index contributed by atoms with van der Waals surface area (Å²) in [6.45, 7) is 2.20. The van der Waals surface area contributed by atoms with E-state index in [1.165, 1.54) is 38.5 Å². The molecule has 0 spiro atoms. The predicted molar refractivity (Wildman–Crippen MR) is 83.5 cm³/mol. The fourth-order valence-corrected chi connectivity index (χ4v) is 6.28. The van der Waals surface area contributed by atoms with E-state index in [1.54, 1.807) is 0 Å². The van der Waals surface area contributed by atoms with Crippen molar-refractivity contribution in [3.05, 3.63) is 0 Å². The van der Waals surface area contributed by atoms with Crippen molar-refractivity contribution in [2.24, 2.45) is 35.3 Å². The monoisotopic (exact) mass is 290 g/mol. The molecule has 3 heteroatoms. The lowest BCUT2D eigenvalue weighted by molar-refractivity contribution is -0.132. The summed E-state index contributed by atoms with van der Waals surface area (Å²) < 4.78 is 0. The summed E-state index contributed by atoms with van der Waals surface area (Å²) >= 11 is 0. The molecular weight excluding hydrogens is 260 g/mol. The van der Waals surface area contributed by atoms with Crippen LogP contribution in [-0.2, 0) is 4.79 Å². The Balaban J connectivity index is 1.42. The Morgan fingerprint density at radius 2 is 1.57 bits per heavy atom. The molecule has 5 aliphatic carbocycles. The smallest absolute Gasteiger partial charge is 0.223 e. The van der Waals surface area contributed by atoms with E-state index in [0.717, 1.165) is 37.0 Å². The lowest BCUT2D eigenvalue weighted by atomic mass is 9.53. The van der Waals surface area contributed by atoms with Crippen LogP contribution in [0.1, 0.15) is 64.7 Å². The van der Waals surface area contributed by atoms with Crippen LogP contribution in [0.25, 0.3) is 0 Å². The van der Waals surface area contributed by atoms with Crippen LogP contribution in [0.15, 0.2) is 0 Å². The van der Waals surface area contributed by atoms with Gasteiger partial charge in [-0.1, -0.05) is 6.92 Å². The maximum absolute atomic E-state index is 12.8. The van der Waals surface area contributed by atoms with E-state index in [-0.39, 0.29) is 11.5 Å². The van der Waals surface area contributed by atoms with Crippen LogP contribution in [0.4, 0.5) is 0 Å². The zero-order valence-electron chi connectivity index (χ0n) is 13.3. The number of nitrogens with one attached hydrogen (secondary N) is 1. The first-order chi connectivity index (χ1) is 10.0. The molecule has 0 aromatic carbocycles. The lowest BCUT2D eigenvalue weighted by Crippen LogP contribution is -2.61. The number of rotatable bonds is 2. The van der Waals surface area contributed by atoms with Gasteiger partial charge in [-0.25, -0.2) is 0 Å². The second-order valence-corrected chi connectivity index (χ2v) is 8.84. The normalized spacial score (nSPS) is 51.9. The summed E-state index contributed by atoms with van der Waals surface area (Å²) in [7, 11) is 0. The number of carbonyl (C=O) groups excluding carboxylic acids is 1. The average Bonchev–Trinajstić information content (AvgIpc) is 2.39. The Labute approximate surface area is 128 Å². The van der Waals surface area contributed by atoms with Crippen LogP contribution >= 0.6 is 0 Å². The topological polar surface area (TPSA) is 55.1 Å². The summed E-state index contributed by atoms with van der Waals surface area (Å²) in [6.07, 6.45) is 11.1. The molecule has 3 nitrogen and oxygen atoms in total. The standard InChI is InChI=1S/C18H30N2O/c1-11-4-15(2-3-16(11)19)17(21)20-18-8-12-5-13(9-18)7-14(6-12)10-18/h11-16H,2-10,19H2,1H3,(H,20,21). The zero-order chi connectivity index (χ0) is 14.6. The molecule has 5 aliphatic rings. The molecule has 21 heavy (non-hydrogen) atoms. The van der Waals surface area contributed by atoms with Gasteiger partial charge in [0, 0.05) is 17.5 Å². The molecule has 5 saturated carbocycles. The van der Waals surface area contributed by atoms with Gasteiger partial charge < -0.3 is 11.1 Å². The first-order valence-corrected chi connectivity index (χ1v) is 9.10. The van der Waals surface area contributed by atoms with Gasteiger partial charge in [-0.15, -0.1) is 0 Å². The largest absolute Gasteiger partial charge is 0.350 e. The fourth-order valence-electron chi connectivity index (χ4n) is 6.28. The van der Waals surface area contributed by atoms with Gasteiger partial charge in [0.1, 0.15) is 0 Å². The highest BCUT2D eigenvalue weighted by Crippen LogP contribution is 2.55. The van der Waals surface area contributed by atoms with Crippen molar-refractivity contribution in [2.75, 3.05) is 0 Å². The molecule has 118 valence electrons. The summed E-state index contributed by atoms with van der Waals surface area (Å²) in [5.74, 6) is 3.75. The third-order valence-electron chi connectivity index (χ3n) is 7.03. The van der Waals surface area contributed by atoms with Crippen LogP contribution in [0.5, 0.6) is 0 Å². The van der Waals surface area contributed by atoms with Crippen molar-refractivity contribution in [1.29, 1.82) is 0 Å². The number of amides is 1. The molecular formula is C18H30N2O. The summed E-state index contributed by atoms with van der Waals surface area (Å²) in [5.41, 5.74) is 6.27. The summed E-state index contributed by atoms with van der Waals surface area (Å²) in [4.78, 5) is 12.8. The minimum absolute atomic E-state index is 0.175. The second-order valence-electron chi connectivity index (χ2n) is 8.84. The maximum atomic E-state index is 12.8. The minimum atomic E-state index is 0.175. The van der Waals surface area contributed by atoms with Gasteiger partial charge in [0.25, 0.3) is 0 Å². The van der Waals surface area contributed by atoms with Crippen LogP contribution in [0.3, 0.4) is 0 Å². The van der Waals surface area contributed by atoms with E-state index in [2.05, 4.69) is 12.2 Å². The first-order valence-electron chi connectivity index (χ1n) is 9.10. The van der Waals surface area contributed by atoms with E-state index in [4.69, 9.17) is 5.73 Å². The Hall–Kier alpha value is -0.570. The molecule has 0 aromatic rings. The number of hydrogen-bond acceptors (Lipinski definition) is 2. The quantitative estimate of drug-likeness (QED) is 0.821. The van der Waals surface area contributed by atoms with Crippen molar-refractivity contribution in [2.45, 2.75) is 76.3 Å². The third-order valence-corrected chi connectivity index (χ3v) is 7.03. The average molecular weight is 290 g/mol.